The molecule has 0 fully saturated rings. The van der Waals surface area contributed by atoms with Gasteiger partial charge < -0.3 is 33.3 Å². The molecule has 0 aliphatic carbocycles. The SMILES string of the molecule is COc1ccc(C(C)(c2ccc(OC(=O)Oc3ccc(C(=O)Oc4ccc(C(=O)Oc5ccc(OC(C)=O)cc5)cc4)cc3)cc2)c2ccc(N(c3ccc(C)cc3)c3ccc(C)cc3)cc2)cc1. The number of ether oxygens (including phenoxy) is 6. The van der Waals surface area contributed by atoms with E-state index in [-0.39, 0.29) is 34.1 Å². The third kappa shape index (κ3) is 11.2. The van der Waals surface area contributed by atoms with Gasteiger partial charge in [0.2, 0.25) is 0 Å². The number of carbonyl (C=O) groups excluding carboxylic acids is 4. The van der Waals surface area contributed by atoms with Gasteiger partial charge in [0.25, 0.3) is 0 Å². The minimum Gasteiger partial charge on any atom is -0.497 e. The van der Waals surface area contributed by atoms with E-state index in [0.29, 0.717) is 5.75 Å². The summed E-state index contributed by atoms with van der Waals surface area (Å²) in [6, 6.07) is 58.5. The number of nitrogens with zero attached hydrogens (tertiary/aromatic N) is 1. The lowest BCUT2D eigenvalue weighted by molar-refractivity contribution is -0.131. The van der Waals surface area contributed by atoms with Gasteiger partial charge in [-0.1, -0.05) is 71.8 Å². The van der Waals surface area contributed by atoms with Crippen molar-refractivity contribution in [3.63, 3.8) is 0 Å². The molecule has 0 bridgehead atoms. The quantitative estimate of drug-likeness (QED) is 0.0448. The number of hydrogen-bond acceptors (Lipinski definition) is 11. The van der Waals surface area contributed by atoms with Crippen LogP contribution in [-0.2, 0) is 10.2 Å². The van der Waals surface area contributed by atoms with Crippen LogP contribution in [0.25, 0.3) is 0 Å². The molecule has 0 amide bonds. The van der Waals surface area contributed by atoms with Crippen LogP contribution in [0.3, 0.4) is 0 Å². The van der Waals surface area contributed by atoms with Crippen LogP contribution in [0.5, 0.6) is 34.5 Å². The first-order chi connectivity index (χ1) is 33.3. The third-order valence-corrected chi connectivity index (χ3v) is 11.5. The zero-order valence-corrected chi connectivity index (χ0v) is 38.5. The summed E-state index contributed by atoms with van der Waals surface area (Å²) in [5, 5.41) is 0. The predicted molar refractivity (Wildman–Crippen MR) is 263 cm³/mol. The van der Waals surface area contributed by atoms with Crippen LogP contribution in [0, 0.1) is 13.8 Å². The van der Waals surface area contributed by atoms with Crippen LogP contribution in [0.15, 0.2) is 194 Å². The highest BCUT2D eigenvalue weighted by molar-refractivity contribution is 5.93. The Kier molecular flexibility index (Phi) is 14.0. The average molecular weight is 918 g/mol. The Morgan fingerprint density at radius 3 is 1.03 bits per heavy atom. The number of hydrogen-bond donors (Lipinski definition) is 0. The van der Waals surface area contributed by atoms with Gasteiger partial charge in [0.05, 0.1) is 18.2 Å². The molecule has 8 aromatic rings. The molecule has 0 saturated carbocycles. The monoisotopic (exact) mass is 917 g/mol. The van der Waals surface area contributed by atoms with Crippen molar-refractivity contribution in [3.8, 4) is 34.5 Å². The smallest absolute Gasteiger partial charge is 0.497 e. The van der Waals surface area contributed by atoms with Gasteiger partial charge in [-0.2, -0.15) is 0 Å². The molecule has 0 aromatic heterocycles. The molecular formula is C58H47NO10. The molecule has 0 N–H and O–H groups in total. The lowest BCUT2D eigenvalue weighted by Gasteiger charge is -2.33. The summed E-state index contributed by atoms with van der Waals surface area (Å²) in [5.74, 6) is 0.169. The first-order valence-corrected chi connectivity index (χ1v) is 22.0. The van der Waals surface area contributed by atoms with E-state index in [1.807, 2.05) is 24.3 Å². The van der Waals surface area contributed by atoms with Gasteiger partial charge in [0.15, 0.2) is 0 Å². The van der Waals surface area contributed by atoms with Crippen molar-refractivity contribution >= 4 is 41.1 Å². The van der Waals surface area contributed by atoms with E-state index in [1.54, 1.807) is 19.2 Å². The second kappa shape index (κ2) is 20.7. The van der Waals surface area contributed by atoms with Crippen LogP contribution in [0.1, 0.15) is 62.4 Å². The fourth-order valence-corrected chi connectivity index (χ4v) is 7.66. The van der Waals surface area contributed by atoms with Crippen LogP contribution in [0.4, 0.5) is 21.9 Å². The topological polar surface area (TPSA) is 127 Å². The summed E-state index contributed by atoms with van der Waals surface area (Å²) in [4.78, 5) is 51.9. The molecule has 8 rings (SSSR count). The van der Waals surface area contributed by atoms with E-state index in [4.69, 9.17) is 28.4 Å². The summed E-state index contributed by atoms with van der Waals surface area (Å²) < 4.78 is 32.4. The molecule has 0 spiro atoms. The standard InChI is InChI=1S/C58H47NO10/c1-38-6-20-46(21-7-38)59(47-22-8-39(2)9-23-47)48-24-14-43(15-25-48)58(4,44-16-30-49(64-5)31-17-44)45-18-32-54(33-19-45)69-57(63)68-53-28-12-42(13-29-53)55(61)66-51-26-10-41(11-27-51)56(62)67-52-36-34-50(35-37-52)65-40(3)60/h6-37H,1-5H3. The number of methoxy groups -OCH3 is 1. The molecule has 0 aliphatic heterocycles. The lowest BCUT2D eigenvalue weighted by atomic mass is 9.71. The predicted octanol–water partition coefficient (Wildman–Crippen LogP) is 13.1. The van der Waals surface area contributed by atoms with Crippen LogP contribution >= 0.6 is 0 Å². The van der Waals surface area contributed by atoms with Crippen LogP contribution < -0.4 is 33.3 Å². The fraction of sp³-hybridized carbons (Fsp3) is 0.103. The summed E-state index contributed by atoms with van der Waals surface area (Å²) in [7, 11) is 1.64. The second-order valence-electron chi connectivity index (χ2n) is 16.3. The highest BCUT2D eigenvalue weighted by Crippen LogP contribution is 2.42. The zero-order chi connectivity index (χ0) is 48.5. The third-order valence-electron chi connectivity index (χ3n) is 11.5. The van der Waals surface area contributed by atoms with Gasteiger partial charge >= 0.3 is 24.1 Å². The highest BCUT2D eigenvalue weighted by Gasteiger charge is 2.32. The minimum absolute atomic E-state index is 0.149. The Morgan fingerprint density at radius 1 is 0.377 bits per heavy atom. The average Bonchev–Trinajstić information content (AvgIpc) is 3.36. The normalized spacial score (nSPS) is 11.6. The van der Waals surface area contributed by atoms with Crippen molar-refractivity contribution in [3.05, 3.63) is 233 Å². The number of benzene rings is 8. The molecule has 0 heterocycles. The summed E-state index contributed by atoms with van der Waals surface area (Å²) in [5.41, 5.74) is 8.29. The molecule has 69 heavy (non-hydrogen) atoms. The van der Waals surface area contributed by atoms with E-state index in [9.17, 15) is 19.2 Å². The molecule has 0 saturated heterocycles. The molecule has 8 aromatic carbocycles. The molecular weight excluding hydrogens is 871 g/mol. The maximum Gasteiger partial charge on any atom is 0.519 e. The van der Waals surface area contributed by atoms with Crippen molar-refractivity contribution in [1.82, 2.24) is 0 Å². The Hall–Kier alpha value is -8.96. The minimum atomic E-state index is -0.962. The summed E-state index contributed by atoms with van der Waals surface area (Å²) >= 11 is 0. The van der Waals surface area contributed by atoms with Crippen LogP contribution in [0.2, 0.25) is 0 Å². The van der Waals surface area contributed by atoms with Gasteiger partial charge in [0, 0.05) is 29.4 Å². The molecule has 1 unspecified atom stereocenters. The highest BCUT2D eigenvalue weighted by atomic mass is 16.7. The molecule has 1 atom stereocenters. The maximum absolute atomic E-state index is 13.0. The number of aryl methyl sites for hydroxylation is 2. The van der Waals surface area contributed by atoms with E-state index >= 15 is 0 Å². The molecule has 344 valence electrons. The Morgan fingerprint density at radius 2 is 0.667 bits per heavy atom. The van der Waals surface area contributed by atoms with Crippen molar-refractivity contribution in [1.29, 1.82) is 0 Å². The lowest BCUT2D eigenvalue weighted by Crippen LogP contribution is -2.25. The van der Waals surface area contributed by atoms with E-state index < -0.39 is 29.5 Å². The first-order valence-electron chi connectivity index (χ1n) is 22.0. The van der Waals surface area contributed by atoms with Crippen molar-refractivity contribution < 1.29 is 47.6 Å². The summed E-state index contributed by atoms with van der Waals surface area (Å²) in [6.45, 7) is 7.62. The summed E-state index contributed by atoms with van der Waals surface area (Å²) in [6.07, 6.45) is -0.962. The van der Waals surface area contributed by atoms with Gasteiger partial charge in [-0.25, -0.2) is 14.4 Å². The number of esters is 3. The Bertz CT molecular complexity index is 3020. The van der Waals surface area contributed by atoms with Gasteiger partial charge in [-0.05, 0) is 171 Å². The second-order valence-corrected chi connectivity index (χ2v) is 16.3. The van der Waals surface area contributed by atoms with Gasteiger partial charge in [0.1, 0.15) is 34.5 Å². The molecule has 11 heteroatoms. The van der Waals surface area contributed by atoms with Crippen molar-refractivity contribution in [2.45, 2.75) is 33.1 Å². The number of rotatable bonds is 14. The Balaban J connectivity index is 0.914. The van der Waals surface area contributed by atoms with E-state index in [2.05, 4.69) is 111 Å². The van der Waals surface area contributed by atoms with Crippen molar-refractivity contribution in [2.75, 3.05) is 12.0 Å². The fourth-order valence-electron chi connectivity index (χ4n) is 7.66. The number of carbonyl (C=O) groups is 4. The maximum atomic E-state index is 13.0. The van der Waals surface area contributed by atoms with E-state index in [0.717, 1.165) is 39.5 Å². The molecule has 0 radical (unpaired) electrons. The Labute approximate surface area is 400 Å². The van der Waals surface area contributed by atoms with Gasteiger partial charge in [-0.3, -0.25) is 4.79 Å². The largest absolute Gasteiger partial charge is 0.519 e. The zero-order valence-electron chi connectivity index (χ0n) is 38.5. The number of anilines is 3. The first kappa shape index (κ1) is 46.6. The van der Waals surface area contributed by atoms with Crippen molar-refractivity contribution in [2.24, 2.45) is 0 Å². The van der Waals surface area contributed by atoms with E-state index in [1.165, 1.54) is 90.8 Å². The van der Waals surface area contributed by atoms with Gasteiger partial charge in [-0.15, -0.1) is 0 Å². The molecule has 11 nitrogen and oxygen atoms in total. The van der Waals surface area contributed by atoms with Crippen LogP contribution in [-0.4, -0.2) is 31.2 Å². The molecule has 0 aliphatic rings.